The minimum atomic E-state index is -4.32. The van der Waals surface area contributed by atoms with Crippen molar-refractivity contribution in [2.45, 2.75) is 4.90 Å². The molecule has 1 amide bonds. The number of benzene rings is 4. The molecule has 0 radical (unpaired) electrons. The molecule has 0 unspecified atom stereocenters. The first-order chi connectivity index (χ1) is 15.3. The number of fused-ring (bicyclic) bond motifs is 1. The fourth-order valence-corrected chi connectivity index (χ4v) is 3.61. The van der Waals surface area contributed by atoms with Crippen molar-refractivity contribution < 1.29 is 22.9 Å². The summed E-state index contributed by atoms with van der Waals surface area (Å²) in [4.78, 5) is 12.7. The standard InChI is InChI=1S/C23H17N3O5S/c27-22-19-9-5-4-6-15(19)14-20(21(22)23(28)24-16-7-2-1-3-8-16)26-25-17-10-12-18(13-11-17)32(29,30)31/h1-14,27H,(H,24,28)(H,29,30,31). The molecular formula is C23H17N3O5S. The Bertz CT molecular complexity index is 1430. The number of azo groups is 1. The van der Waals surface area contributed by atoms with Gasteiger partial charge in [0, 0.05) is 11.1 Å². The Balaban J connectivity index is 1.76. The summed E-state index contributed by atoms with van der Waals surface area (Å²) in [5.41, 5.74) is 0.924. The number of phenols is 1. The Morgan fingerprint density at radius 3 is 2.19 bits per heavy atom. The number of hydrogen-bond donors (Lipinski definition) is 3. The molecule has 0 saturated heterocycles. The molecular weight excluding hydrogens is 430 g/mol. The Kier molecular flexibility index (Phi) is 5.67. The van der Waals surface area contributed by atoms with Crippen LogP contribution in [0.4, 0.5) is 17.1 Å². The average molecular weight is 447 g/mol. The van der Waals surface area contributed by atoms with Gasteiger partial charge in [-0.15, -0.1) is 5.11 Å². The van der Waals surface area contributed by atoms with E-state index in [0.717, 1.165) is 0 Å². The van der Waals surface area contributed by atoms with E-state index in [1.54, 1.807) is 54.6 Å². The molecule has 4 aromatic rings. The van der Waals surface area contributed by atoms with Gasteiger partial charge in [-0.1, -0.05) is 42.5 Å². The minimum absolute atomic E-state index is 0.0501. The molecule has 4 aromatic carbocycles. The van der Waals surface area contributed by atoms with Gasteiger partial charge >= 0.3 is 0 Å². The van der Waals surface area contributed by atoms with E-state index in [4.69, 9.17) is 4.55 Å². The van der Waals surface area contributed by atoms with E-state index in [1.807, 2.05) is 6.07 Å². The molecule has 32 heavy (non-hydrogen) atoms. The van der Waals surface area contributed by atoms with Gasteiger partial charge in [0.1, 0.15) is 17.0 Å². The number of hydrogen-bond acceptors (Lipinski definition) is 6. The number of carbonyl (C=O) groups excluding carboxylic acids is 1. The number of carbonyl (C=O) groups is 1. The number of nitrogens with zero attached hydrogens (tertiary/aromatic N) is 2. The molecule has 160 valence electrons. The molecule has 0 atom stereocenters. The Hall–Kier alpha value is -4.08. The lowest BCUT2D eigenvalue weighted by Crippen LogP contribution is -2.12. The highest BCUT2D eigenvalue weighted by Gasteiger charge is 2.20. The maximum absolute atomic E-state index is 13.0. The van der Waals surface area contributed by atoms with Crippen LogP contribution in [-0.2, 0) is 10.1 Å². The van der Waals surface area contributed by atoms with Gasteiger partial charge in [0.05, 0.1) is 10.6 Å². The van der Waals surface area contributed by atoms with Crippen molar-refractivity contribution >= 4 is 43.9 Å². The van der Waals surface area contributed by atoms with Crippen molar-refractivity contribution in [2.24, 2.45) is 10.2 Å². The molecule has 0 aromatic heterocycles. The minimum Gasteiger partial charge on any atom is -0.506 e. The highest BCUT2D eigenvalue weighted by molar-refractivity contribution is 7.85. The first-order valence-electron chi connectivity index (χ1n) is 9.43. The average Bonchev–Trinajstić information content (AvgIpc) is 2.78. The maximum atomic E-state index is 13.0. The van der Waals surface area contributed by atoms with Crippen LogP contribution in [0.2, 0.25) is 0 Å². The number of anilines is 1. The van der Waals surface area contributed by atoms with Crippen LogP contribution in [0.15, 0.2) is 100 Å². The molecule has 0 aliphatic heterocycles. The van der Waals surface area contributed by atoms with Crippen LogP contribution in [-0.4, -0.2) is 24.0 Å². The van der Waals surface area contributed by atoms with E-state index in [9.17, 15) is 18.3 Å². The number of para-hydroxylation sites is 1. The molecule has 0 heterocycles. The topological polar surface area (TPSA) is 128 Å². The summed E-state index contributed by atoms with van der Waals surface area (Å²) in [5.74, 6) is -0.790. The van der Waals surface area contributed by atoms with Crippen molar-refractivity contribution in [1.82, 2.24) is 0 Å². The van der Waals surface area contributed by atoms with E-state index in [0.29, 0.717) is 22.1 Å². The molecule has 0 saturated carbocycles. The van der Waals surface area contributed by atoms with Gasteiger partial charge < -0.3 is 10.4 Å². The number of amides is 1. The van der Waals surface area contributed by atoms with Crippen molar-refractivity contribution in [3.8, 4) is 5.75 Å². The van der Waals surface area contributed by atoms with Gasteiger partial charge in [0.25, 0.3) is 16.0 Å². The molecule has 0 aliphatic carbocycles. The first-order valence-corrected chi connectivity index (χ1v) is 10.9. The number of phenolic OH excluding ortho intramolecular Hbond substituents is 1. The van der Waals surface area contributed by atoms with Crippen LogP contribution in [0.5, 0.6) is 5.75 Å². The van der Waals surface area contributed by atoms with Crippen LogP contribution >= 0.6 is 0 Å². The lowest BCUT2D eigenvalue weighted by molar-refractivity contribution is 0.102. The summed E-state index contributed by atoms with van der Waals surface area (Å²) in [6.07, 6.45) is 0. The van der Waals surface area contributed by atoms with Gasteiger partial charge in [-0.25, -0.2) is 0 Å². The Morgan fingerprint density at radius 2 is 1.50 bits per heavy atom. The number of nitrogens with one attached hydrogen (secondary N) is 1. The van der Waals surface area contributed by atoms with Gasteiger partial charge in [0.15, 0.2) is 0 Å². The summed E-state index contributed by atoms with van der Waals surface area (Å²) in [6.45, 7) is 0. The fourth-order valence-electron chi connectivity index (χ4n) is 3.13. The second-order valence-electron chi connectivity index (χ2n) is 6.83. The quantitative estimate of drug-likeness (QED) is 0.276. The van der Waals surface area contributed by atoms with Crippen LogP contribution in [0, 0.1) is 0 Å². The normalized spacial score (nSPS) is 11.7. The molecule has 0 aliphatic rings. The monoisotopic (exact) mass is 447 g/mol. The smallest absolute Gasteiger partial charge is 0.294 e. The SMILES string of the molecule is O=C(Nc1ccccc1)c1c(N=Nc2ccc(S(=O)(=O)O)cc2)cc2ccccc2c1O. The third-order valence-electron chi connectivity index (χ3n) is 4.67. The highest BCUT2D eigenvalue weighted by Crippen LogP contribution is 2.37. The van der Waals surface area contributed by atoms with Gasteiger partial charge in [-0.05, 0) is 47.9 Å². The Morgan fingerprint density at radius 1 is 0.844 bits per heavy atom. The largest absolute Gasteiger partial charge is 0.506 e. The predicted octanol–water partition coefficient (Wildman–Crippen LogP) is 5.46. The molecule has 4 rings (SSSR count). The van der Waals surface area contributed by atoms with Gasteiger partial charge in [-0.3, -0.25) is 9.35 Å². The maximum Gasteiger partial charge on any atom is 0.294 e. The second-order valence-corrected chi connectivity index (χ2v) is 8.25. The van der Waals surface area contributed by atoms with Crippen molar-refractivity contribution in [3.05, 3.63) is 90.5 Å². The van der Waals surface area contributed by atoms with Gasteiger partial charge in [-0.2, -0.15) is 13.5 Å². The van der Waals surface area contributed by atoms with Crippen LogP contribution < -0.4 is 5.32 Å². The molecule has 3 N–H and O–H groups in total. The number of rotatable bonds is 5. The lowest BCUT2D eigenvalue weighted by Gasteiger charge is -2.11. The molecule has 0 fully saturated rings. The first kappa shape index (κ1) is 21.2. The van der Waals surface area contributed by atoms with Crippen molar-refractivity contribution in [1.29, 1.82) is 0 Å². The van der Waals surface area contributed by atoms with Crippen molar-refractivity contribution in [2.75, 3.05) is 5.32 Å². The summed E-state index contributed by atoms with van der Waals surface area (Å²) < 4.78 is 31.5. The van der Waals surface area contributed by atoms with Crippen LogP contribution in [0.25, 0.3) is 10.8 Å². The highest BCUT2D eigenvalue weighted by atomic mass is 32.2. The fraction of sp³-hybridized carbons (Fsp3) is 0. The molecule has 0 bridgehead atoms. The molecule has 9 heteroatoms. The summed E-state index contributed by atoms with van der Waals surface area (Å²) in [7, 11) is -4.32. The zero-order valence-electron chi connectivity index (χ0n) is 16.5. The Labute approximate surface area is 183 Å². The van der Waals surface area contributed by atoms with Gasteiger partial charge in [0.2, 0.25) is 0 Å². The predicted molar refractivity (Wildman–Crippen MR) is 120 cm³/mol. The van der Waals surface area contributed by atoms with E-state index in [1.165, 1.54) is 24.3 Å². The zero-order valence-corrected chi connectivity index (χ0v) is 17.3. The third-order valence-corrected chi connectivity index (χ3v) is 5.54. The molecule has 8 nitrogen and oxygen atoms in total. The summed E-state index contributed by atoms with van der Waals surface area (Å²) in [6, 6.07) is 22.5. The van der Waals surface area contributed by atoms with E-state index >= 15 is 0 Å². The third kappa shape index (κ3) is 4.48. The van der Waals surface area contributed by atoms with Crippen molar-refractivity contribution in [3.63, 3.8) is 0 Å². The summed E-state index contributed by atoms with van der Waals surface area (Å²) >= 11 is 0. The molecule has 0 spiro atoms. The van der Waals surface area contributed by atoms with E-state index in [2.05, 4.69) is 15.5 Å². The zero-order chi connectivity index (χ0) is 22.7. The second kappa shape index (κ2) is 8.58. The van der Waals surface area contributed by atoms with Crippen LogP contribution in [0.3, 0.4) is 0 Å². The lowest BCUT2D eigenvalue weighted by atomic mass is 10.0. The summed E-state index contributed by atoms with van der Waals surface area (Å²) in [5, 5.41) is 22.9. The van der Waals surface area contributed by atoms with E-state index in [-0.39, 0.29) is 21.9 Å². The van der Waals surface area contributed by atoms with Crippen LogP contribution in [0.1, 0.15) is 10.4 Å². The van der Waals surface area contributed by atoms with E-state index < -0.39 is 16.0 Å². The number of aromatic hydroxyl groups is 1.